The highest BCUT2D eigenvalue weighted by molar-refractivity contribution is 6.07. The van der Waals surface area contributed by atoms with E-state index in [9.17, 15) is 14.4 Å². The summed E-state index contributed by atoms with van der Waals surface area (Å²) in [4.78, 5) is 45.6. The second-order valence-corrected chi connectivity index (χ2v) is 11.3. The number of aryl methyl sites for hydroxylation is 1. The van der Waals surface area contributed by atoms with E-state index in [0.29, 0.717) is 32.6 Å². The first-order valence-corrected chi connectivity index (χ1v) is 13.4. The maximum Gasteiger partial charge on any atom is 0.325 e. The Balaban J connectivity index is 1.49. The Bertz CT molecular complexity index is 904. The lowest BCUT2D eigenvalue weighted by Crippen LogP contribution is -2.57. The zero-order valence-corrected chi connectivity index (χ0v) is 21.7. The van der Waals surface area contributed by atoms with Crippen molar-refractivity contribution < 1.29 is 14.4 Å². The molecule has 35 heavy (non-hydrogen) atoms. The Morgan fingerprint density at radius 1 is 1.06 bits per heavy atom. The zero-order valence-electron chi connectivity index (χ0n) is 21.7. The average Bonchev–Trinajstić information content (AvgIpc) is 3.11. The molecule has 0 aromatic heterocycles. The summed E-state index contributed by atoms with van der Waals surface area (Å²) in [6.07, 6.45) is 8.22. The molecular formula is C28H42N4O3. The van der Waals surface area contributed by atoms with E-state index in [-0.39, 0.29) is 29.2 Å². The highest BCUT2D eigenvalue weighted by Crippen LogP contribution is 2.41. The molecule has 0 spiro atoms. The minimum atomic E-state index is -0.900. The first kappa shape index (κ1) is 25.7. The van der Waals surface area contributed by atoms with Crippen molar-refractivity contribution in [2.24, 2.45) is 11.3 Å². The number of amides is 4. The summed E-state index contributed by atoms with van der Waals surface area (Å²) in [5, 5.41) is 3.16. The van der Waals surface area contributed by atoms with Crippen LogP contribution in [0.15, 0.2) is 30.3 Å². The number of carbonyl (C=O) groups excluding carboxylic acids is 3. The molecule has 4 rings (SSSR count). The van der Waals surface area contributed by atoms with Gasteiger partial charge in [0.2, 0.25) is 5.91 Å². The standard InChI is InChI=1S/C28H42N4O3/c1-27(15-8-5-9-16-27)24(33)31-18-13-23(14-19-31)28(17-12-22-10-6-4-7-11-22)25(34)32(26(35)29-28)21-20-30(2)3/h4,6-7,10-11,23H,5,8-9,12-21H2,1-3H3,(H,29,35). The Hall–Kier alpha value is -2.41. The molecule has 1 aromatic carbocycles. The molecule has 2 heterocycles. The van der Waals surface area contributed by atoms with E-state index < -0.39 is 5.54 Å². The fraction of sp³-hybridized carbons (Fsp3) is 0.679. The molecule has 1 N–H and O–H groups in total. The highest BCUT2D eigenvalue weighted by Gasteiger charge is 2.55. The van der Waals surface area contributed by atoms with Crippen LogP contribution in [0.2, 0.25) is 0 Å². The third-order valence-corrected chi connectivity index (χ3v) is 8.58. The number of nitrogens with one attached hydrogen (secondary N) is 1. The van der Waals surface area contributed by atoms with Crippen LogP contribution in [0.3, 0.4) is 0 Å². The summed E-state index contributed by atoms with van der Waals surface area (Å²) < 4.78 is 0. The number of benzene rings is 1. The molecule has 0 radical (unpaired) electrons. The van der Waals surface area contributed by atoms with E-state index in [1.807, 2.05) is 42.1 Å². The Morgan fingerprint density at radius 3 is 2.34 bits per heavy atom. The first-order valence-electron chi connectivity index (χ1n) is 13.4. The number of urea groups is 1. The second kappa shape index (κ2) is 10.7. The Labute approximate surface area is 210 Å². The van der Waals surface area contributed by atoms with Gasteiger partial charge in [0.15, 0.2) is 0 Å². The average molecular weight is 483 g/mol. The first-order chi connectivity index (χ1) is 16.7. The lowest BCUT2D eigenvalue weighted by atomic mass is 9.72. The van der Waals surface area contributed by atoms with Gasteiger partial charge >= 0.3 is 6.03 Å². The van der Waals surface area contributed by atoms with Crippen molar-refractivity contribution in [2.75, 3.05) is 40.3 Å². The molecule has 7 heteroatoms. The number of nitrogens with zero attached hydrogens (tertiary/aromatic N) is 3. The normalized spacial score (nSPS) is 25.3. The van der Waals surface area contributed by atoms with Gasteiger partial charge in [0.1, 0.15) is 5.54 Å². The number of piperidine rings is 1. The van der Waals surface area contributed by atoms with Gasteiger partial charge in [-0.15, -0.1) is 0 Å². The van der Waals surface area contributed by atoms with Crippen LogP contribution in [0.1, 0.15) is 63.9 Å². The Morgan fingerprint density at radius 2 is 1.71 bits per heavy atom. The molecule has 3 fully saturated rings. The second-order valence-electron chi connectivity index (χ2n) is 11.3. The number of hydrogen-bond acceptors (Lipinski definition) is 4. The molecule has 0 bridgehead atoms. The molecule has 2 saturated heterocycles. The molecule has 4 amide bonds. The number of likely N-dealkylation sites (tertiary alicyclic amines) is 1. The number of hydrogen-bond donors (Lipinski definition) is 1. The van der Waals surface area contributed by atoms with Gasteiger partial charge in [0.25, 0.3) is 5.91 Å². The molecule has 1 saturated carbocycles. The third-order valence-electron chi connectivity index (χ3n) is 8.58. The van der Waals surface area contributed by atoms with Gasteiger partial charge in [-0.3, -0.25) is 14.5 Å². The Kier molecular flexibility index (Phi) is 7.84. The summed E-state index contributed by atoms with van der Waals surface area (Å²) >= 11 is 0. The van der Waals surface area contributed by atoms with Crippen LogP contribution in [0.25, 0.3) is 0 Å². The molecular weight excluding hydrogens is 440 g/mol. The highest BCUT2D eigenvalue weighted by atomic mass is 16.2. The minimum absolute atomic E-state index is 0.0234. The molecule has 1 aromatic rings. The molecule has 1 unspecified atom stereocenters. The van der Waals surface area contributed by atoms with E-state index in [0.717, 1.165) is 44.9 Å². The van der Waals surface area contributed by atoms with Crippen LogP contribution in [0.4, 0.5) is 4.79 Å². The number of imide groups is 1. The van der Waals surface area contributed by atoms with E-state index in [2.05, 4.69) is 24.4 Å². The monoisotopic (exact) mass is 482 g/mol. The molecule has 1 atom stereocenters. The maximum absolute atomic E-state index is 13.8. The summed E-state index contributed by atoms with van der Waals surface area (Å²) in [6.45, 7) is 4.48. The van der Waals surface area contributed by atoms with Crippen LogP contribution in [-0.4, -0.2) is 78.4 Å². The molecule has 7 nitrogen and oxygen atoms in total. The minimum Gasteiger partial charge on any atom is -0.342 e. The van der Waals surface area contributed by atoms with Crippen LogP contribution in [0, 0.1) is 11.3 Å². The van der Waals surface area contributed by atoms with Crippen molar-refractivity contribution in [3.8, 4) is 0 Å². The number of carbonyl (C=O) groups is 3. The molecule has 3 aliphatic rings. The van der Waals surface area contributed by atoms with Crippen LogP contribution in [0.5, 0.6) is 0 Å². The van der Waals surface area contributed by atoms with Crippen LogP contribution >= 0.6 is 0 Å². The topological polar surface area (TPSA) is 73.0 Å². The summed E-state index contributed by atoms with van der Waals surface area (Å²) in [5.74, 6) is 0.211. The summed E-state index contributed by atoms with van der Waals surface area (Å²) in [6, 6.07) is 9.88. The fourth-order valence-corrected chi connectivity index (χ4v) is 6.29. The SMILES string of the molecule is CN(C)CCN1C(=O)NC(CCc2ccccc2)(C2CCN(C(=O)C3(C)CCCCC3)CC2)C1=O. The van der Waals surface area contributed by atoms with Crippen molar-refractivity contribution in [3.63, 3.8) is 0 Å². The van der Waals surface area contributed by atoms with Gasteiger partial charge in [-0.2, -0.15) is 0 Å². The van der Waals surface area contributed by atoms with Crippen LogP contribution in [-0.2, 0) is 16.0 Å². The smallest absolute Gasteiger partial charge is 0.325 e. The van der Waals surface area contributed by atoms with Gasteiger partial charge < -0.3 is 15.1 Å². The fourth-order valence-electron chi connectivity index (χ4n) is 6.29. The van der Waals surface area contributed by atoms with Crippen molar-refractivity contribution in [3.05, 3.63) is 35.9 Å². The van der Waals surface area contributed by atoms with E-state index in [1.54, 1.807) is 0 Å². The number of likely N-dealkylation sites (N-methyl/N-ethyl adjacent to an activating group) is 1. The lowest BCUT2D eigenvalue weighted by molar-refractivity contribution is -0.145. The quantitative estimate of drug-likeness (QED) is 0.574. The van der Waals surface area contributed by atoms with E-state index >= 15 is 0 Å². The summed E-state index contributed by atoms with van der Waals surface area (Å²) in [7, 11) is 3.89. The predicted molar refractivity (Wildman–Crippen MR) is 137 cm³/mol. The molecule has 192 valence electrons. The maximum atomic E-state index is 13.8. The van der Waals surface area contributed by atoms with Crippen molar-refractivity contribution in [1.82, 2.24) is 20.0 Å². The van der Waals surface area contributed by atoms with Crippen molar-refractivity contribution >= 4 is 17.8 Å². The van der Waals surface area contributed by atoms with Gasteiger partial charge in [0.05, 0.1) is 0 Å². The number of rotatable bonds is 8. The lowest BCUT2D eigenvalue weighted by Gasteiger charge is -2.44. The van der Waals surface area contributed by atoms with Crippen molar-refractivity contribution in [2.45, 2.75) is 70.3 Å². The largest absolute Gasteiger partial charge is 0.342 e. The predicted octanol–water partition coefficient (Wildman–Crippen LogP) is 3.68. The van der Waals surface area contributed by atoms with Gasteiger partial charge in [-0.25, -0.2) is 4.79 Å². The third kappa shape index (κ3) is 5.40. The zero-order chi connectivity index (χ0) is 25.1. The van der Waals surface area contributed by atoms with Gasteiger partial charge in [-0.1, -0.05) is 56.5 Å². The van der Waals surface area contributed by atoms with Crippen molar-refractivity contribution in [1.29, 1.82) is 0 Å². The van der Waals surface area contributed by atoms with E-state index in [4.69, 9.17) is 0 Å². The van der Waals surface area contributed by atoms with Crippen LogP contribution < -0.4 is 5.32 Å². The van der Waals surface area contributed by atoms with Gasteiger partial charge in [-0.05, 0) is 64.1 Å². The summed E-state index contributed by atoms with van der Waals surface area (Å²) in [5.41, 5.74) is 0.0260. The van der Waals surface area contributed by atoms with E-state index in [1.165, 1.54) is 16.9 Å². The molecule has 2 aliphatic heterocycles. The van der Waals surface area contributed by atoms with Gasteiger partial charge in [0, 0.05) is 31.6 Å². The molecule has 1 aliphatic carbocycles.